The van der Waals surface area contributed by atoms with Crippen molar-refractivity contribution in [3.8, 4) is 0 Å². The Morgan fingerprint density at radius 1 is 1.32 bits per heavy atom. The highest BCUT2D eigenvalue weighted by atomic mass is 32.1. The Bertz CT molecular complexity index is 850. The minimum atomic E-state index is -0.775. The van der Waals surface area contributed by atoms with Crippen molar-refractivity contribution in [2.45, 2.75) is 37.8 Å². The van der Waals surface area contributed by atoms with Gasteiger partial charge in [-0.05, 0) is 49.4 Å². The number of hydrogen-bond donors (Lipinski definition) is 0. The molecule has 0 unspecified atom stereocenters. The minimum absolute atomic E-state index is 0.0248. The summed E-state index contributed by atoms with van der Waals surface area (Å²) in [5.74, 6) is 0.906. The second-order valence-electron chi connectivity index (χ2n) is 8.45. The van der Waals surface area contributed by atoms with Crippen molar-refractivity contribution in [3.63, 3.8) is 0 Å². The molecule has 2 aliphatic heterocycles. The second kappa shape index (κ2) is 7.25. The number of morpholine rings is 1. The molecule has 5 rings (SSSR count). The number of aryl methyl sites for hydroxylation is 1. The molecule has 0 aromatic carbocycles. The van der Waals surface area contributed by atoms with Gasteiger partial charge in [0.15, 0.2) is 5.60 Å². The number of ether oxygens (including phenoxy) is 1. The van der Waals surface area contributed by atoms with Crippen molar-refractivity contribution in [2.75, 3.05) is 32.8 Å². The van der Waals surface area contributed by atoms with E-state index >= 15 is 0 Å². The average molecular weight is 398 g/mol. The van der Waals surface area contributed by atoms with Gasteiger partial charge in [0, 0.05) is 60.8 Å². The normalized spacial score (nSPS) is 28.4. The van der Waals surface area contributed by atoms with Gasteiger partial charge in [-0.3, -0.25) is 14.7 Å². The molecular weight excluding hydrogens is 370 g/mol. The third-order valence-electron chi connectivity index (χ3n) is 6.27. The number of pyridine rings is 1. The van der Waals surface area contributed by atoms with Crippen LogP contribution in [0.15, 0.2) is 36.7 Å². The zero-order chi connectivity index (χ0) is 19.1. The summed E-state index contributed by atoms with van der Waals surface area (Å²) in [5, 5.41) is 0. The highest BCUT2D eigenvalue weighted by Gasteiger charge is 2.57. The lowest BCUT2D eigenvalue weighted by Crippen LogP contribution is -2.60. The molecule has 0 radical (unpaired) electrons. The number of nitrogens with zero attached hydrogens (tertiary/aromatic N) is 3. The van der Waals surface area contributed by atoms with E-state index in [1.807, 2.05) is 23.6 Å². The van der Waals surface area contributed by atoms with E-state index < -0.39 is 5.60 Å². The quantitative estimate of drug-likeness (QED) is 0.778. The number of hydrogen-bond acceptors (Lipinski definition) is 5. The first-order valence-corrected chi connectivity index (χ1v) is 11.1. The number of carbonyl (C=O) groups excluding carboxylic acids is 1. The van der Waals surface area contributed by atoms with Crippen molar-refractivity contribution in [3.05, 3.63) is 52.0 Å². The van der Waals surface area contributed by atoms with E-state index in [1.54, 1.807) is 6.20 Å². The molecule has 2 aromatic rings. The zero-order valence-corrected chi connectivity index (χ0v) is 17.2. The third kappa shape index (κ3) is 3.38. The van der Waals surface area contributed by atoms with Crippen molar-refractivity contribution in [1.82, 2.24) is 14.8 Å². The van der Waals surface area contributed by atoms with Gasteiger partial charge >= 0.3 is 0 Å². The Labute approximate surface area is 170 Å². The van der Waals surface area contributed by atoms with Crippen molar-refractivity contribution in [2.24, 2.45) is 5.92 Å². The number of carbonyl (C=O) groups is 1. The maximum absolute atomic E-state index is 13.7. The lowest BCUT2D eigenvalue weighted by atomic mass is 9.83. The molecule has 28 heavy (non-hydrogen) atoms. The van der Waals surface area contributed by atoms with E-state index in [9.17, 15) is 4.79 Å². The SMILES string of the molecule is Cc1ccc(CN2C[C@H](c3cccnc3)[C@]3(C2)OCCN(CC2CC2)C3=O)s1. The molecule has 0 N–H and O–H groups in total. The molecule has 148 valence electrons. The van der Waals surface area contributed by atoms with Crippen molar-refractivity contribution in [1.29, 1.82) is 0 Å². The highest BCUT2D eigenvalue weighted by Crippen LogP contribution is 2.43. The number of thiophene rings is 1. The largest absolute Gasteiger partial charge is 0.361 e. The van der Waals surface area contributed by atoms with Crippen LogP contribution >= 0.6 is 11.3 Å². The van der Waals surface area contributed by atoms with Crippen LogP contribution in [0.25, 0.3) is 0 Å². The molecule has 5 nitrogen and oxygen atoms in total. The third-order valence-corrected chi connectivity index (χ3v) is 7.26. The predicted molar refractivity (Wildman–Crippen MR) is 109 cm³/mol. The fourth-order valence-electron chi connectivity index (χ4n) is 4.70. The van der Waals surface area contributed by atoms with Crippen LogP contribution < -0.4 is 0 Å². The van der Waals surface area contributed by atoms with Crippen LogP contribution in [0, 0.1) is 12.8 Å². The first-order chi connectivity index (χ1) is 13.6. The van der Waals surface area contributed by atoms with E-state index in [0.29, 0.717) is 19.1 Å². The molecule has 2 aromatic heterocycles. The summed E-state index contributed by atoms with van der Waals surface area (Å²) in [6.07, 6.45) is 6.21. The minimum Gasteiger partial charge on any atom is -0.361 e. The second-order valence-corrected chi connectivity index (χ2v) is 9.83. The van der Waals surface area contributed by atoms with Gasteiger partial charge in [-0.1, -0.05) is 6.07 Å². The number of rotatable bonds is 5. The summed E-state index contributed by atoms with van der Waals surface area (Å²) >= 11 is 1.83. The summed E-state index contributed by atoms with van der Waals surface area (Å²) in [7, 11) is 0. The molecule has 1 spiro atoms. The van der Waals surface area contributed by atoms with E-state index in [-0.39, 0.29) is 11.8 Å². The Balaban J connectivity index is 1.44. The fourth-order valence-corrected chi connectivity index (χ4v) is 5.63. The molecule has 3 fully saturated rings. The summed E-state index contributed by atoms with van der Waals surface area (Å²) in [6.45, 7) is 6.74. The lowest BCUT2D eigenvalue weighted by Gasteiger charge is -2.42. The number of likely N-dealkylation sites (tertiary alicyclic amines) is 1. The molecule has 1 amide bonds. The standard InChI is InChI=1S/C22H27N3O2S/c1-16-4-7-19(28-16)13-24-14-20(18-3-2-8-23-11-18)22(15-24)21(26)25(9-10-27-22)12-17-5-6-17/h2-4,7-8,11,17,20H,5-6,9-10,12-15H2,1H3/t20-,22+/m1/s1. The van der Waals surface area contributed by atoms with Crippen LogP contribution in [-0.4, -0.2) is 59.1 Å². The predicted octanol–water partition coefficient (Wildman–Crippen LogP) is 3.06. The monoisotopic (exact) mass is 397 g/mol. The van der Waals surface area contributed by atoms with E-state index in [2.05, 4.69) is 39.9 Å². The maximum atomic E-state index is 13.7. The molecule has 3 aliphatic rings. The molecule has 6 heteroatoms. The molecule has 2 atom stereocenters. The Hall–Kier alpha value is -1.76. The topological polar surface area (TPSA) is 45.7 Å². The molecule has 1 aliphatic carbocycles. The van der Waals surface area contributed by atoms with E-state index in [0.717, 1.165) is 31.7 Å². The number of aromatic nitrogens is 1. The summed E-state index contributed by atoms with van der Waals surface area (Å²) in [4.78, 5) is 25.1. The van der Waals surface area contributed by atoms with Gasteiger partial charge < -0.3 is 9.64 Å². The highest BCUT2D eigenvalue weighted by molar-refractivity contribution is 7.11. The van der Waals surface area contributed by atoms with Crippen LogP contribution in [-0.2, 0) is 16.1 Å². The molecule has 2 saturated heterocycles. The van der Waals surface area contributed by atoms with Crippen LogP contribution in [0.5, 0.6) is 0 Å². The Kier molecular flexibility index (Phi) is 4.73. The van der Waals surface area contributed by atoms with Gasteiger partial charge in [-0.25, -0.2) is 0 Å². The molecule has 1 saturated carbocycles. The fraction of sp³-hybridized carbons (Fsp3) is 0.545. The molecule has 4 heterocycles. The van der Waals surface area contributed by atoms with Crippen LogP contribution in [0.2, 0.25) is 0 Å². The summed E-state index contributed by atoms with van der Waals surface area (Å²) < 4.78 is 6.35. The zero-order valence-electron chi connectivity index (χ0n) is 16.3. The van der Waals surface area contributed by atoms with E-state index in [4.69, 9.17) is 4.74 Å². The summed E-state index contributed by atoms with van der Waals surface area (Å²) in [6, 6.07) is 8.43. The number of amides is 1. The van der Waals surface area contributed by atoms with Crippen molar-refractivity contribution < 1.29 is 9.53 Å². The Morgan fingerprint density at radius 2 is 2.21 bits per heavy atom. The van der Waals surface area contributed by atoms with Gasteiger partial charge in [0.1, 0.15) is 0 Å². The average Bonchev–Trinajstić information content (AvgIpc) is 3.32. The van der Waals surface area contributed by atoms with Gasteiger partial charge in [0.05, 0.1) is 6.61 Å². The van der Waals surface area contributed by atoms with Gasteiger partial charge in [-0.15, -0.1) is 11.3 Å². The van der Waals surface area contributed by atoms with E-state index in [1.165, 1.54) is 22.6 Å². The molecular formula is C22H27N3O2S. The van der Waals surface area contributed by atoms with Gasteiger partial charge in [-0.2, -0.15) is 0 Å². The van der Waals surface area contributed by atoms with Crippen LogP contribution in [0.4, 0.5) is 0 Å². The first-order valence-electron chi connectivity index (χ1n) is 10.2. The lowest BCUT2D eigenvalue weighted by molar-refractivity contribution is -0.172. The smallest absolute Gasteiger partial charge is 0.256 e. The summed E-state index contributed by atoms with van der Waals surface area (Å²) in [5.41, 5.74) is 0.330. The Morgan fingerprint density at radius 3 is 2.93 bits per heavy atom. The van der Waals surface area contributed by atoms with Crippen LogP contribution in [0.3, 0.4) is 0 Å². The maximum Gasteiger partial charge on any atom is 0.256 e. The van der Waals surface area contributed by atoms with Gasteiger partial charge in [0.2, 0.25) is 0 Å². The van der Waals surface area contributed by atoms with Gasteiger partial charge in [0.25, 0.3) is 5.91 Å². The first kappa shape index (κ1) is 18.3. The molecule has 0 bridgehead atoms. The van der Waals surface area contributed by atoms with Crippen molar-refractivity contribution >= 4 is 17.2 Å². The van der Waals surface area contributed by atoms with Crippen LogP contribution in [0.1, 0.15) is 34.1 Å².